The van der Waals surface area contributed by atoms with Crippen molar-refractivity contribution < 1.29 is 0 Å². The Morgan fingerprint density at radius 1 is 1.25 bits per heavy atom. The number of H-pyrrole nitrogens is 2. The molecule has 20 heavy (non-hydrogen) atoms. The molecule has 0 spiro atoms. The van der Waals surface area contributed by atoms with E-state index in [0.29, 0.717) is 5.56 Å². The van der Waals surface area contributed by atoms with Gasteiger partial charge >= 0.3 is 5.56 Å². The van der Waals surface area contributed by atoms with Gasteiger partial charge in [-0.3, -0.25) is 14.7 Å². The zero-order valence-electron chi connectivity index (χ0n) is 11.2. The molecular formula is C15H16N2O2S. The Labute approximate surface area is 120 Å². The Balaban J connectivity index is 2.00. The van der Waals surface area contributed by atoms with Gasteiger partial charge in [0.2, 0.25) is 0 Å². The van der Waals surface area contributed by atoms with Crippen molar-refractivity contribution in [1.29, 1.82) is 0 Å². The zero-order chi connectivity index (χ0) is 14.1. The maximum absolute atomic E-state index is 11.9. The summed E-state index contributed by atoms with van der Waals surface area (Å²) in [7, 11) is 0. The summed E-state index contributed by atoms with van der Waals surface area (Å²) >= 11 is 1.84. The number of nitrogens with one attached hydrogen (secondary N) is 2. The van der Waals surface area contributed by atoms with Gasteiger partial charge in [-0.1, -0.05) is 12.1 Å². The lowest BCUT2D eigenvalue weighted by Gasteiger charge is -2.10. The van der Waals surface area contributed by atoms with E-state index in [4.69, 9.17) is 0 Å². The summed E-state index contributed by atoms with van der Waals surface area (Å²) in [4.78, 5) is 24.6. The molecule has 0 aliphatic heterocycles. The van der Waals surface area contributed by atoms with Crippen LogP contribution in [0.25, 0.3) is 11.1 Å². The number of hydrogen-bond donors (Lipinski definition) is 2. The fourth-order valence-electron chi connectivity index (χ4n) is 2.17. The molecular weight excluding hydrogens is 272 g/mol. The van der Waals surface area contributed by atoms with E-state index in [9.17, 15) is 9.59 Å². The molecule has 1 fully saturated rings. The first-order valence-corrected chi connectivity index (χ1v) is 7.68. The van der Waals surface area contributed by atoms with Gasteiger partial charge in [-0.25, -0.2) is 0 Å². The topological polar surface area (TPSA) is 65.7 Å². The highest BCUT2D eigenvalue weighted by Gasteiger charge is 2.21. The van der Waals surface area contributed by atoms with E-state index >= 15 is 0 Å². The van der Waals surface area contributed by atoms with Crippen LogP contribution in [0.1, 0.15) is 18.4 Å². The summed E-state index contributed by atoms with van der Waals surface area (Å²) in [5, 5.41) is 4.93. The van der Waals surface area contributed by atoms with Crippen molar-refractivity contribution in [3.8, 4) is 11.1 Å². The van der Waals surface area contributed by atoms with Crippen LogP contribution in [0.5, 0.6) is 0 Å². The summed E-state index contributed by atoms with van der Waals surface area (Å²) in [6.45, 7) is 2.01. The molecule has 0 saturated heterocycles. The summed E-state index contributed by atoms with van der Waals surface area (Å²) in [6.07, 6.45) is 4.22. The van der Waals surface area contributed by atoms with E-state index in [0.717, 1.165) is 22.8 Å². The normalized spacial score (nSPS) is 14.4. The minimum Gasteiger partial charge on any atom is -0.305 e. The summed E-state index contributed by atoms with van der Waals surface area (Å²) < 4.78 is 0. The molecule has 5 heteroatoms. The van der Waals surface area contributed by atoms with Crippen molar-refractivity contribution in [2.24, 2.45) is 5.92 Å². The van der Waals surface area contributed by atoms with Crippen LogP contribution < -0.4 is 11.0 Å². The van der Waals surface area contributed by atoms with Crippen LogP contribution in [-0.4, -0.2) is 16.0 Å². The van der Waals surface area contributed by atoms with Gasteiger partial charge < -0.3 is 5.10 Å². The molecule has 1 saturated carbocycles. The molecule has 0 amide bonds. The maximum atomic E-state index is 11.9. The molecule has 0 atom stereocenters. The van der Waals surface area contributed by atoms with Crippen LogP contribution in [0.3, 0.4) is 0 Å². The Bertz CT molecular complexity index is 744. The van der Waals surface area contributed by atoms with Crippen LogP contribution in [0.15, 0.2) is 38.9 Å². The quantitative estimate of drug-likeness (QED) is 0.671. The summed E-state index contributed by atoms with van der Waals surface area (Å²) in [5.74, 6) is 1.99. The Morgan fingerprint density at radius 2 is 2.05 bits per heavy atom. The lowest BCUT2D eigenvalue weighted by Crippen LogP contribution is -2.28. The summed E-state index contributed by atoms with van der Waals surface area (Å²) in [5.41, 5.74) is 1.22. The van der Waals surface area contributed by atoms with Crippen molar-refractivity contribution >= 4 is 11.8 Å². The molecule has 1 aliphatic carbocycles. The van der Waals surface area contributed by atoms with Gasteiger partial charge in [-0.05, 0) is 42.9 Å². The number of benzene rings is 1. The molecule has 0 radical (unpaired) electrons. The Kier molecular flexibility index (Phi) is 3.53. The van der Waals surface area contributed by atoms with E-state index in [1.54, 1.807) is 6.20 Å². The predicted octanol–water partition coefficient (Wildman–Crippen LogP) is 2.54. The minimum atomic E-state index is -0.613. The number of aromatic amines is 2. The molecule has 4 nitrogen and oxygen atoms in total. The molecule has 1 aromatic carbocycles. The third-order valence-corrected chi connectivity index (χ3v) is 4.99. The second-order valence-corrected chi connectivity index (χ2v) is 6.23. The summed E-state index contributed by atoms with van der Waals surface area (Å²) in [6, 6.07) is 5.91. The number of thioether (sulfide) groups is 1. The van der Waals surface area contributed by atoms with Crippen molar-refractivity contribution in [3.63, 3.8) is 0 Å². The first-order valence-electron chi connectivity index (χ1n) is 6.70. The van der Waals surface area contributed by atoms with Gasteiger partial charge in [0.05, 0.1) is 5.56 Å². The van der Waals surface area contributed by atoms with Crippen LogP contribution in [0, 0.1) is 12.8 Å². The Hall–Kier alpha value is -1.75. The molecule has 3 rings (SSSR count). The van der Waals surface area contributed by atoms with Gasteiger partial charge in [0.15, 0.2) is 0 Å². The third-order valence-electron chi connectivity index (χ3n) is 3.60. The van der Waals surface area contributed by atoms with Crippen LogP contribution in [-0.2, 0) is 0 Å². The van der Waals surface area contributed by atoms with Crippen molar-refractivity contribution in [2.75, 3.05) is 5.75 Å². The van der Waals surface area contributed by atoms with Crippen LogP contribution >= 0.6 is 11.8 Å². The first-order chi connectivity index (χ1) is 9.66. The number of aromatic nitrogens is 2. The SMILES string of the molecule is Cc1c(SCC2CC2)cccc1-c1c[nH][nH]c(=O)c1=O. The van der Waals surface area contributed by atoms with Gasteiger partial charge in [-0.2, -0.15) is 0 Å². The highest BCUT2D eigenvalue weighted by molar-refractivity contribution is 7.99. The van der Waals surface area contributed by atoms with Crippen molar-refractivity contribution in [3.05, 3.63) is 50.5 Å². The fourth-order valence-corrected chi connectivity index (χ4v) is 3.42. The molecule has 104 valence electrons. The van der Waals surface area contributed by atoms with Gasteiger partial charge in [0.1, 0.15) is 0 Å². The average molecular weight is 288 g/mol. The average Bonchev–Trinajstić information content (AvgIpc) is 3.25. The highest BCUT2D eigenvalue weighted by atomic mass is 32.2. The highest BCUT2D eigenvalue weighted by Crippen LogP contribution is 2.37. The molecule has 0 bridgehead atoms. The van der Waals surface area contributed by atoms with E-state index in [2.05, 4.69) is 16.3 Å². The van der Waals surface area contributed by atoms with E-state index in [1.165, 1.54) is 17.7 Å². The molecule has 1 aliphatic rings. The first kappa shape index (κ1) is 13.2. The lowest BCUT2D eigenvalue weighted by molar-refractivity contribution is 0.974. The number of rotatable bonds is 4. The molecule has 1 heterocycles. The van der Waals surface area contributed by atoms with E-state index < -0.39 is 11.0 Å². The zero-order valence-corrected chi connectivity index (χ0v) is 12.0. The van der Waals surface area contributed by atoms with Crippen molar-refractivity contribution in [1.82, 2.24) is 10.2 Å². The van der Waals surface area contributed by atoms with E-state index in [-0.39, 0.29) is 0 Å². The molecule has 0 unspecified atom stereocenters. The van der Waals surface area contributed by atoms with Crippen LogP contribution in [0.4, 0.5) is 0 Å². The second kappa shape index (κ2) is 5.32. The standard InChI is InChI=1S/C15H16N2O2S/c1-9-11(12-7-16-17-15(19)14(12)18)3-2-4-13(9)20-8-10-5-6-10/h2-4,7,10H,5-6,8H2,1H3,(H,16,18)(H,17,19). The van der Waals surface area contributed by atoms with Crippen molar-refractivity contribution in [2.45, 2.75) is 24.7 Å². The van der Waals surface area contributed by atoms with E-state index in [1.807, 2.05) is 30.8 Å². The maximum Gasteiger partial charge on any atom is 0.310 e. The third kappa shape index (κ3) is 2.58. The largest absolute Gasteiger partial charge is 0.310 e. The Morgan fingerprint density at radius 3 is 2.80 bits per heavy atom. The molecule has 2 N–H and O–H groups in total. The minimum absolute atomic E-state index is 0.431. The monoisotopic (exact) mass is 288 g/mol. The molecule has 1 aromatic heterocycles. The smallest absolute Gasteiger partial charge is 0.305 e. The fraction of sp³-hybridized carbons (Fsp3) is 0.333. The van der Waals surface area contributed by atoms with Gasteiger partial charge in [-0.15, -0.1) is 11.8 Å². The number of hydrogen-bond acceptors (Lipinski definition) is 3. The lowest BCUT2D eigenvalue weighted by atomic mass is 10.0. The van der Waals surface area contributed by atoms with Gasteiger partial charge in [0.25, 0.3) is 5.43 Å². The second-order valence-electron chi connectivity index (χ2n) is 5.17. The predicted molar refractivity (Wildman–Crippen MR) is 81.3 cm³/mol. The van der Waals surface area contributed by atoms with Crippen LogP contribution in [0.2, 0.25) is 0 Å². The molecule has 2 aromatic rings. The van der Waals surface area contributed by atoms with Gasteiger partial charge in [0, 0.05) is 16.8 Å².